The maximum atomic E-state index is 2.60. The van der Waals surface area contributed by atoms with Crippen molar-refractivity contribution in [3.05, 3.63) is 170 Å². The van der Waals surface area contributed by atoms with Gasteiger partial charge in [0.2, 0.25) is 0 Å². The van der Waals surface area contributed by atoms with E-state index in [9.17, 15) is 0 Å². The van der Waals surface area contributed by atoms with Gasteiger partial charge in [-0.2, -0.15) is 12.1 Å². The van der Waals surface area contributed by atoms with Crippen molar-refractivity contribution in [3.8, 4) is 22.3 Å². The van der Waals surface area contributed by atoms with E-state index in [0.717, 1.165) is 6.42 Å². The quantitative estimate of drug-likeness (QED) is 0.111. The van der Waals surface area contributed by atoms with Crippen LogP contribution in [-0.4, -0.2) is 8.07 Å². The summed E-state index contributed by atoms with van der Waals surface area (Å²) in [5.74, 6) is 0. The molecular weight excluding hydrogens is 747 g/mol. The standard InChI is InChI=1S/C43H40Si.2CH3.Hf/c1-29-17-19-31(3)40(23-29)38-15-9-13-34-25-36(27-42(34)38)44(5,22-21-33-11-7-6-8-12-33)37-26-35-14-10-16-39(43(35)28-37)41-24-30(2)18-20-32(41)4;;;/h6-20,23-28H,21-22H2,1-5H3;2*1H3;/q-2;2*-1;+4. The Bertz CT molecular complexity index is 2000. The first-order valence-electron chi connectivity index (χ1n) is 15.9. The van der Waals surface area contributed by atoms with Gasteiger partial charge in [0.15, 0.2) is 0 Å². The smallest absolute Gasteiger partial charge is 0.358 e. The number of fused-ring (bicyclic) bond motifs is 2. The molecular formula is C45H46HfSi. The minimum atomic E-state index is -2.15. The Kier molecular flexibility index (Phi) is 11.3. The maximum absolute atomic E-state index is 2.60. The largest absolute Gasteiger partial charge is 4.00 e. The van der Waals surface area contributed by atoms with Crippen LogP contribution in [0.2, 0.25) is 12.6 Å². The summed E-state index contributed by atoms with van der Waals surface area (Å²) in [5.41, 5.74) is 12.1. The Labute approximate surface area is 303 Å². The molecule has 0 bridgehead atoms. The molecule has 0 N–H and O–H groups in total. The number of aryl methyl sites for hydroxylation is 5. The van der Waals surface area contributed by atoms with Crippen LogP contribution in [0.15, 0.2) is 127 Å². The molecule has 0 fully saturated rings. The molecule has 0 spiro atoms. The SMILES string of the molecule is Cc1ccc(C)c(-c2cccc3[cH-]c([Si](C)(CCc4ccccc4)c4cc5c(-c6cc(C)ccc6C)cccc5[cH-]4)cc23)c1.[CH3-].[CH3-].[Hf+4]. The van der Waals surface area contributed by atoms with Crippen molar-refractivity contribution in [2.45, 2.75) is 46.7 Å². The fourth-order valence-electron chi connectivity index (χ4n) is 7.12. The molecule has 0 saturated heterocycles. The van der Waals surface area contributed by atoms with Crippen LogP contribution >= 0.6 is 0 Å². The molecule has 0 nitrogen and oxygen atoms in total. The van der Waals surface area contributed by atoms with Gasteiger partial charge in [-0.25, -0.2) is 0 Å². The number of benzene rings is 5. The Morgan fingerprint density at radius 2 is 0.979 bits per heavy atom. The van der Waals surface area contributed by atoms with E-state index in [4.69, 9.17) is 0 Å². The second-order valence-electron chi connectivity index (χ2n) is 13.1. The van der Waals surface area contributed by atoms with Gasteiger partial charge in [-0.15, -0.1) is 68.3 Å². The number of hydrogen-bond donors (Lipinski definition) is 0. The molecule has 0 heterocycles. The molecule has 0 atom stereocenters. The summed E-state index contributed by atoms with van der Waals surface area (Å²) in [7, 11) is -2.15. The summed E-state index contributed by atoms with van der Waals surface area (Å²) in [4.78, 5) is 0. The Balaban J connectivity index is 0.00000167. The zero-order chi connectivity index (χ0) is 30.4. The van der Waals surface area contributed by atoms with Crippen molar-refractivity contribution in [1.29, 1.82) is 0 Å². The molecule has 7 aromatic rings. The van der Waals surface area contributed by atoms with Crippen molar-refractivity contribution in [2.75, 3.05) is 0 Å². The Morgan fingerprint density at radius 3 is 1.45 bits per heavy atom. The third kappa shape index (κ3) is 6.87. The van der Waals surface area contributed by atoms with Crippen molar-refractivity contribution in [2.24, 2.45) is 0 Å². The normalized spacial score (nSPS) is 11.2. The van der Waals surface area contributed by atoms with Crippen LogP contribution in [0.25, 0.3) is 43.8 Å². The topological polar surface area (TPSA) is 0 Å². The molecule has 7 aromatic carbocycles. The van der Waals surface area contributed by atoms with Gasteiger partial charge in [-0.05, 0) is 68.0 Å². The van der Waals surface area contributed by atoms with E-state index in [0.29, 0.717) is 0 Å². The van der Waals surface area contributed by atoms with Crippen molar-refractivity contribution < 1.29 is 25.8 Å². The van der Waals surface area contributed by atoms with E-state index in [-0.39, 0.29) is 40.7 Å². The summed E-state index contributed by atoms with van der Waals surface area (Å²) >= 11 is 0. The van der Waals surface area contributed by atoms with Gasteiger partial charge in [-0.1, -0.05) is 108 Å². The molecule has 0 radical (unpaired) electrons. The van der Waals surface area contributed by atoms with Crippen molar-refractivity contribution >= 4 is 40.0 Å². The first-order valence-corrected chi connectivity index (χ1v) is 18.6. The third-order valence-electron chi connectivity index (χ3n) is 9.90. The van der Waals surface area contributed by atoms with E-state index >= 15 is 0 Å². The van der Waals surface area contributed by atoms with Crippen LogP contribution < -0.4 is 10.4 Å². The van der Waals surface area contributed by atoms with Crippen molar-refractivity contribution in [1.82, 2.24) is 0 Å². The van der Waals surface area contributed by atoms with Gasteiger partial charge in [0.1, 0.15) is 0 Å². The summed E-state index contributed by atoms with van der Waals surface area (Å²) in [6, 6.07) is 49.7. The van der Waals surface area contributed by atoms with Gasteiger partial charge >= 0.3 is 25.8 Å². The van der Waals surface area contributed by atoms with E-state index < -0.39 is 8.07 Å². The molecule has 47 heavy (non-hydrogen) atoms. The van der Waals surface area contributed by atoms with Gasteiger partial charge < -0.3 is 14.9 Å². The molecule has 0 aliphatic rings. The number of hydrogen-bond acceptors (Lipinski definition) is 0. The molecule has 0 aliphatic heterocycles. The van der Waals surface area contributed by atoms with E-state index in [1.165, 1.54) is 88.0 Å². The molecule has 2 heteroatoms. The molecule has 0 unspecified atom stereocenters. The molecule has 0 aromatic heterocycles. The summed E-state index contributed by atoms with van der Waals surface area (Å²) in [6.45, 7) is 11.5. The minimum absolute atomic E-state index is 0. The van der Waals surface area contributed by atoms with E-state index in [1.54, 1.807) is 0 Å². The summed E-state index contributed by atoms with van der Waals surface area (Å²) in [6.07, 6.45) is 1.08. The van der Waals surface area contributed by atoms with Crippen LogP contribution in [0.5, 0.6) is 0 Å². The fraction of sp³-hybridized carbons (Fsp3) is 0.156. The van der Waals surface area contributed by atoms with Gasteiger partial charge in [-0.3, -0.25) is 0 Å². The molecule has 234 valence electrons. The Hall–Kier alpha value is -3.59. The van der Waals surface area contributed by atoms with Crippen molar-refractivity contribution in [3.63, 3.8) is 0 Å². The molecule has 0 amide bonds. The first kappa shape index (κ1) is 36.2. The van der Waals surface area contributed by atoms with Gasteiger partial charge in [0.05, 0.1) is 8.07 Å². The molecule has 7 rings (SSSR count). The number of rotatable bonds is 7. The Morgan fingerprint density at radius 1 is 0.511 bits per heavy atom. The van der Waals surface area contributed by atoms with E-state index in [2.05, 4.69) is 162 Å². The monoisotopic (exact) mass is 794 g/mol. The second kappa shape index (κ2) is 14.7. The zero-order valence-corrected chi connectivity index (χ0v) is 33.6. The van der Waals surface area contributed by atoms with Crippen LogP contribution in [0.4, 0.5) is 0 Å². The van der Waals surface area contributed by atoms with Crippen LogP contribution in [-0.2, 0) is 32.3 Å². The van der Waals surface area contributed by atoms with Crippen LogP contribution in [0.3, 0.4) is 0 Å². The van der Waals surface area contributed by atoms with Gasteiger partial charge in [0, 0.05) is 0 Å². The average molecular weight is 793 g/mol. The maximum Gasteiger partial charge on any atom is 4.00 e. The summed E-state index contributed by atoms with van der Waals surface area (Å²) in [5, 5.41) is 8.52. The molecule has 0 aliphatic carbocycles. The van der Waals surface area contributed by atoms with E-state index in [1.807, 2.05) is 0 Å². The average Bonchev–Trinajstić information content (AvgIpc) is 3.68. The molecule has 0 saturated carbocycles. The predicted octanol–water partition coefficient (Wildman–Crippen LogP) is 11.3. The first-order chi connectivity index (χ1) is 21.3. The third-order valence-corrected chi connectivity index (χ3v) is 14.3. The van der Waals surface area contributed by atoms with Crippen LogP contribution in [0.1, 0.15) is 27.8 Å². The minimum Gasteiger partial charge on any atom is -0.358 e. The zero-order valence-electron chi connectivity index (χ0n) is 29.0. The van der Waals surface area contributed by atoms with Crippen LogP contribution in [0, 0.1) is 42.5 Å². The summed E-state index contributed by atoms with van der Waals surface area (Å²) < 4.78 is 0. The predicted molar refractivity (Wildman–Crippen MR) is 208 cm³/mol. The fourth-order valence-corrected chi connectivity index (χ4v) is 10.7. The van der Waals surface area contributed by atoms with Gasteiger partial charge in [0.25, 0.3) is 0 Å². The second-order valence-corrected chi connectivity index (χ2v) is 17.4.